The Balaban J connectivity index is 1.89. The van der Waals surface area contributed by atoms with E-state index in [2.05, 4.69) is 5.32 Å². The molecular weight excluding hydrogens is 171 g/mol. The second-order valence-electron chi connectivity index (χ2n) is 3.86. The second kappa shape index (κ2) is 3.62. The molecule has 0 aromatic heterocycles. The largest absolute Gasteiger partial charge is 0.339 e. The van der Waals surface area contributed by atoms with Gasteiger partial charge >= 0.3 is 0 Å². The van der Waals surface area contributed by atoms with Crippen molar-refractivity contribution >= 4 is 5.91 Å². The van der Waals surface area contributed by atoms with Crippen LogP contribution in [0.25, 0.3) is 0 Å². The molecule has 1 amide bonds. The fraction of sp³-hybridized carbons (Fsp3) is 0.889. The Kier molecular flexibility index (Phi) is 2.49. The highest BCUT2D eigenvalue weighted by atomic mass is 19.1. The Labute approximate surface area is 77.3 Å². The van der Waals surface area contributed by atoms with E-state index in [1.807, 2.05) is 0 Å². The lowest BCUT2D eigenvalue weighted by Gasteiger charge is -2.18. The Morgan fingerprint density at radius 3 is 2.85 bits per heavy atom. The first-order valence-corrected chi connectivity index (χ1v) is 4.91. The van der Waals surface area contributed by atoms with Crippen molar-refractivity contribution in [2.24, 2.45) is 5.92 Å². The van der Waals surface area contributed by atoms with E-state index >= 15 is 0 Å². The van der Waals surface area contributed by atoms with Crippen molar-refractivity contribution in [1.82, 2.24) is 10.2 Å². The molecule has 2 heterocycles. The quantitative estimate of drug-likeness (QED) is 0.633. The number of halogens is 1. The van der Waals surface area contributed by atoms with Crippen molar-refractivity contribution < 1.29 is 9.18 Å². The molecule has 1 N–H and O–H groups in total. The van der Waals surface area contributed by atoms with Gasteiger partial charge in [-0.05, 0) is 19.4 Å². The van der Waals surface area contributed by atoms with Crippen LogP contribution >= 0.6 is 0 Å². The molecule has 0 aliphatic carbocycles. The lowest BCUT2D eigenvalue weighted by Crippen LogP contribution is -2.35. The summed E-state index contributed by atoms with van der Waals surface area (Å²) in [6, 6.07) is 0. The van der Waals surface area contributed by atoms with Crippen LogP contribution in [0.15, 0.2) is 0 Å². The number of nitrogens with one attached hydrogen (secondary N) is 1. The van der Waals surface area contributed by atoms with E-state index in [0.717, 1.165) is 19.5 Å². The number of nitrogens with zero attached hydrogens (tertiary/aromatic N) is 1. The molecular formula is C9H15FN2O. The number of carbonyl (C=O) groups is 1. The molecule has 2 rings (SSSR count). The normalized spacial score (nSPS) is 34.1. The average Bonchev–Trinajstić information content (AvgIpc) is 2.72. The van der Waals surface area contributed by atoms with Crippen LogP contribution in [0.5, 0.6) is 0 Å². The van der Waals surface area contributed by atoms with Crippen LogP contribution < -0.4 is 5.32 Å². The van der Waals surface area contributed by atoms with E-state index in [1.54, 1.807) is 4.90 Å². The van der Waals surface area contributed by atoms with Gasteiger partial charge in [0.25, 0.3) is 0 Å². The molecule has 0 bridgehead atoms. The highest BCUT2D eigenvalue weighted by molar-refractivity contribution is 5.79. The zero-order valence-corrected chi connectivity index (χ0v) is 7.63. The van der Waals surface area contributed by atoms with Gasteiger partial charge in [0.15, 0.2) is 0 Å². The third-order valence-corrected chi connectivity index (χ3v) is 2.85. The minimum Gasteiger partial charge on any atom is -0.339 e. The van der Waals surface area contributed by atoms with Crippen molar-refractivity contribution in [3.8, 4) is 0 Å². The Bertz CT molecular complexity index is 204. The molecule has 13 heavy (non-hydrogen) atoms. The zero-order valence-electron chi connectivity index (χ0n) is 7.63. The van der Waals surface area contributed by atoms with Crippen molar-refractivity contribution in [3.05, 3.63) is 0 Å². The predicted octanol–water partition coefficient (Wildman–Crippen LogP) is 0.166. The van der Waals surface area contributed by atoms with Gasteiger partial charge in [-0.25, -0.2) is 4.39 Å². The van der Waals surface area contributed by atoms with Crippen LogP contribution in [0, 0.1) is 5.92 Å². The van der Waals surface area contributed by atoms with E-state index in [9.17, 15) is 9.18 Å². The molecule has 2 saturated heterocycles. The maximum absolute atomic E-state index is 12.8. The lowest BCUT2D eigenvalue weighted by molar-refractivity contribution is -0.134. The molecule has 0 aromatic rings. The van der Waals surface area contributed by atoms with Crippen LogP contribution in [-0.2, 0) is 4.79 Å². The molecule has 2 aliphatic heterocycles. The van der Waals surface area contributed by atoms with Crippen molar-refractivity contribution in [2.75, 3.05) is 26.2 Å². The number of hydrogen-bond donors (Lipinski definition) is 1. The summed E-state index contributed by atoms with van der Waals surface area (Å²) in [7, 11) is 0. The maximum atomic E-state index is 12.8. The van der Waals surface area contributed by atoms with Gasteiger partial charge in [0.05, 0.1) is 12.5 Å². The molecule has 4 heteroatoms. The predicted molar refractivity (Wildman–Crippen MR) is 47.1 cm³/mol. The van der Waals surface area contributed by atoms with Gasteiger partial charge in [-0.2, -0.15) is 0 Å². The molecule has 0 radical (unpaired) electrons. The van der Waals surface area contributed by atoms with Crippen LogP contribution in [0.3, 0.4) is 0 Å². The molecule has 2 atom stereocenters. The number of likely N-dealkylation sites (tertiary alicyclic amines) is 1. The molecule has 74 valence electrons. The minimum atomic E-state index is -0.793. The van der Waals surface area contributed by atoms with Gasteiger partial charge in [-0.15, -0.1) is 0 Å². The van der Waals surface area contributed by atoms with Crippen LogP contribution in [0.2, 0.25) is 0 Å². The van der Waals surface area contributed by atoms with E-state index in [1.165, 1.54) is 0 Å². The fourth-order valence-electron chi connectivity index (χ4n) is 2.04. The lowest BCUT2D eigenvalue weighted by atomic mass is 10.1. The molecule has 0 saturated carbocycles. The molecule has 0 unspecified atom stereocenters. The van der Waals surface area contributed by atoms with E-state index < -0.39 is 6.17 Å². The maximum Gasteiger partial charge on any atom is 0.227 e. The summed E-state index contributed by atoms with van der Waals surface area (Å²) in [5, 5.41) is 3.15. The molecule has 2 aliphatic rings. The third-order valence-electron chi connectivity index (χ3n) is 2.85. The summed E-state index contributed by atoms with van der Waals surface area (Å²) in [5.41, 5.74) is 0. The van der Waals surface area contributed by atoms with Crippen LogP contribution in [0.1, 0.15) is 12.8 Å². The summed E-state index contributed by atoms with van der Waals surface area (Å²) in [6.45, 7) is 2.61. The number of rotatable bonds is 1. The van der Waals surface area contributed by atoms with Crippen LogP contribution in [-0.4, -0.2) is 43.2 Å². The van der Waals surface area contributed by atoms with E-state index in [4.69, 9.17) is 0 Å². The second-order valence-corrected chi connectivity index (χ2v) is 3.86. The summed E-state index contributed by atoms with van der Waals surface area (Å²) in [5.74, 6) is 0.246. The summed E-state index contributed by atoms with van der Waals surface area (Å²) in [4.78, 5) is 13.4. The Morgan fingerprint density at radius 1 is 1.46 bits per heavy atom. The van der Waals surface area contributed by atoms with Crippen molar-refractivity contribution in [1.29, 1.82) is 0 Å². The molecule has 0 spiro atoms. The first-order chi connectivity index (χ1) is 6.27. The Hall–Kier alpha value is -0.640. The van der Waals surface area contributed by atoms with Gasteiger partial charge in [0, 0.05) is 13.1 Å². The monoisotopic (exact) mass is 186 g/mol. The van der Waals surface area contributed by atoms with Gasteiger partial charge in [0.1, 0.15) is 6.17 Å². The van der Waals surface area contributed by atoms with Crippen molar-refractivity contribution in [3.63, 3.8) is 0 Å². The zero-order chi connectivity index (χ0) is 9.26. The van der Waals surface area contributed by atoms with Crippen LogP contribution in [0.4, 0.5) is 4.39 Å². The average molecular weight is 186 g/mol. The fourth-order valence-corrected chi connectivity index (χ4v) is 2.04. The molecule has 2 fully saturated rings. The number of amides is 1. The standard InChI is InChI=1S/C9H15FN2O/c10-8-2-4-12(6-8)9(13)7-1-3-11-5-7/h7-8,11H,1-6H2/t7-,8-/m0/s1. The van der Waals surface area contributed by atoms with Gasteiger partial charge in [0.2, 0.25) is 5.91 Å². The molecule has 0 aromatic carbocycles. The van der Waals surface area contributed by atoms with E-state index in [0.29, 0.717) is 19.5 Å². The topological polar surface area (TPSA) is 32.3 Å². The smallest absolute Gasteiger partial charge is 0.227 e. The summed E-state index contributed by atoms with van der Waals surface area (Å²) < 4.78 is 12.8. The van der Waals surface area contributed by atoms with E-state index in [-0.39, 0.29) is 11.8 Å². The first-order valence-electron chi connectivity index (χ1n) is 4.91. The van der Waals surface area contributed by atoms with Gasteiger partial charge in [-0.1, -0.05) is 0 Å². The third kappa shape index (κ3) is 1.82. The van der Waals surface area contributed by atoms with Gasteiger partial charge < -0.3 is 10.2 Å². The highest BCUT2D eigenvalue weighted by Crippen LogP contribution is 2.18. The highest BCUT2D eigenvalue weighted by Gasteiger charge is 2.31. The number of carbonyl (C=O) groups excluding carboxylic acids is 1. The first kappa shape index (κ1) is 8.94. The molecule has 3 nitrogen and oxygen atoms in total. The SMILES string of the molecule is O=C([C@H]1CCNC1)N1CC[C@H](F)C1. The minimum absolute atomic E-state index is 0.102. The summed E-state index contributed by atoms with van der Waals surface area (Å²) >= 11 is 0. The number of alkyl halides is 1. The Morgan fingerprint density at radius 2 is 2.31 bits per heavy atom. The number of hydrogen-bond acceptors (Lipinski definition) is 2. The van der Waals surface area contributed by atoms with Gasteiger partial charge in [-0.3, -0.25) is 4.79 Å². The summed E-state index contributed by atoms with van der Waals surface area (Å²) in [6.07, 6.45) is 0.636. The van der Waals surface area contributed by atoms with Crippen molar-refractivity contribution in [2.45, 2.75) is 19.0 Å².